The summed E-state index contributed by atoms with van der Waals surface area (Å²) in [6.45, 7) is 5.88. The fraction of sp³-hybridized carbons (Fsp3) is 0.615. The molecule has 0 saturated carbocycles. The molecule has 4 heteroatoms. The minimum atomic E-state index is 0.139. The molecule has 0 radical (unpaired) electrons. The maximum atomic E-state index is 12.3. The van der Waals surface area contributed by atoms with Crippen molar-refractivity contribution in [2.45, 2.75) is 26.2 Å². The second-order valence-corrected chi connectivity index (χ2v) is 5.86. The van der Waals surface area contributed by atoms with E-state index in [4.69, 9.17) is 5.11 Å². The number of hydrogen-bond donors (Lipinski definition) is 1. The Labute approximate surface area is 106 Å². The molecular formula is C13H19NO2S. The highest BCUT2D eigenvalue weighted by molar-refractivity contribution is 7.12. The minimum absolute atomic E-state index is 0.139. The Bertz CT molecular complexity index is 400. The molecule has 1 aromatic rings. The minimum Gasteiger partial charge on any atom is -0.396 e. The van der Waals surface area contributed by atoms with E-state index < -0.39 is 0 Å². The van der Waals surface area contributed by atoms with Crippen LogP contribution in [-0.2, 0) is 0 Å². The highest BCUT2D eigenvalue weighted by Crippen LogP contribution is 2.27. The van der Waals surface area contributed by atoms with Crippen LogP contribution in [0.3, 0.4) is 0 Å². The molecule has 1 aliphatic rings. The van der Waals surface area contributed by atoms with E-state index in [9.17, 15) is 4.79 Å². The van der Waals surface area contributed by atoms with Gasteiger partial charge in [-0.15, -0.1) is 11.3 Å². The van der Waals surface area contributed by atoms with Gasteiger partial charge in [0.05, 0.1) is 4.88 Å². The van der Waals surface area contributed by atoms with E-state index in [1.807, 2.05) is 16.3 Å². The van der Waals surface area contributed by atoms with Crippen molar-refractivity contribution in [2.75, 3.05) is 19.7 Å². The van der Waals surface area contributed by atoms with Gasteiger partial charge in [-0.2, -0.15) is 0 Å². The summed E-state index contributed by atoms with van der Waals surface area (Å²) in [4.78, 5) is 15.1. The highest BCUT2D eigenvalue weighted by atomic mass is 32.1. The highest BCUT2D eigenvalue weighted by Gasteiger charge is 2.28. The first-order valence-electron chi connectivity index (χ1n) is 6.11. The fourth-order valence-corrected chi connectivity index (χ4v) is 3.28. The van der Waals surface area contributed by atoms with Crippen LogP contribution in [-0.4, -0.2) is 35.6 Å². The Morgan fingerprint density at radius 2 is 2.41 bits per heavy atom. The predicted octanol–water partition coefficient (Wildman–Crippen LogP) is 2.33. The molecule has 1 atom stereocenters. The van der Waals surface area contributed by atoms with E-state index in [1.165, 1.54) is 11.3 Å². The van der Waals surface area contributed by atoms with Crippen molar-refractivity contribution in [3.63, 3.8) is 0 Å². The van der Waals surface area contributed by atoms with Crippen molar-refractivity contribution < 1.29 is 9.90 Å². The lowest BCUT2D eigenvalue weighted by atomic mass is 10.0. The number of aliphatic hydroxyl groups excluding tert-OH is 1. The van der Waals surface area contributed by atoms with E-state index in [0.717, 1.165) is 23.4 Å². The van der Waals surface area contributed by atoms with Gasteiger partial charge in [-0.05, 0) is 29.3 Å². The summed E-state index contributed by atoms with van der Waals surface area (Å²) in [5.74, 6) is 0.789. The summed E-state index contributed by atoms with van der Waals surface area (Å²) in [7, 11) is 0. The fourth-order valence-electron chi connectivity index (χ4n) is 2.26. The Kier molecular flexibility index (Phi) is 3.84. The third-order valence-electron chi connectivity index (χ3n) is 3.34. The molecule has 0 aromatic carbocycles. The van der Waals surface area contributed by atoms with E-state index in [0.29, 0.717) is 12.5 Å². The van der Waals surface area contributed by atoms with Gasteiger partial charge in [-0.1, -0.05) is 13.8 Å². The molecule has 1 aliphatic heterocycles. The van der Waals surface area contributed by atoms with Gasteiger partial charge in [0, 0.05) is 25.6 Å². The number of carbonyl (C=O) groups excluding carboxylic acids is 1. The lowest BCUT2D eigenvalue weighted by Crippen LogP contribution is -2.29. The van der Waals surface area contributed by atoms with E-state index in [-0.39, 0.29) is 18.4 Å². The first kappa shape index (κ1) is 12.6. The van der Waals surface area contributed by atoms with Gasteiger partial charge in [0.2, 0.25) is 0 Å². The normalized spacial score (nSPS) is 20.2. The molecule has 94 valence electrons. The number of hydrogen-bond acceptors (Lipinski definition) is 3. The number of amides is 1. The van der Waals surface area contributed by atoms with Crippen LogP contribution in [0.4, 0.5) is 0 Å². The third kappa shape index (κ3) is 2.53. The topological polar surface area (TPSA) is 40.5 Å². The van der Waals surface area contributed by atoms with Crippen LogP contribution in [0.2, 0.25) is 0 Å². The SMILES string of the molecule is CC(C)c1ccsc1C(=O)N1CCC(CO)C1. The molecule has 1 N–H and O–H groups in total. The zero-order chi connectivity index (χ0) is 12.4. The van der Waals surface area contributed by atoms with Gasteiger partial charge in [0.25, 0.3) is 5.91 Å². The molecule has 17 heavy (non-hydrogen) atoms. The van der Waals surface area contributed by atoms with Gasteiger partial charge < -0.3 is 10.0 Å². The van der Waals surface area contributed by atoms with E-state index >= 15 is 0 Å². The lowest BCUT2D eigenvalue weighted by molar-refractivity contribution is 0.0785. The zero-order valence-electron chi connectivity index (χ0n) is 10.3. The monoisotopic (exact) mass is 253 g/mol. The maximum Gasteiger partial charge on any atom is 0.264 e. The molecule has 1 saturated heterocycles. The second kappa shape index (κ2) is 5.19. The first-order chi connectivity index (χ1) is 8.13. The largest absolute Gasteiger partial charge is 0.396 e. The molecule has 2 rings (SSSR count). The number of thiophene rings is 1. The molecule has 0 spiro atoms. The molecule has 0 aliphatic carbocycles. The van der Waals surface area contributed by atoms with Crippen LogP contribution in [0, 0.1) is 5.92 Å². The van der Waals surface area contributed by atoms with Crippen LogP contribution >= 0.6 is 11.3 Å². The van der Waals surface area contributed by atoms with Crippen LogP contribution < -0.4 is 0 Å². The molecule has 1 aromatic heterocycles. The van der Waals surface area contributed by atoms with Gasteiger partial charge in [0.1, 0.15) is 0 Å². The molecule has 1 fully saturated rings. The van der Waals surface area contributed by atoms with Crippen molar-refractivity contribution >= 4 is 17.2 Å². The Hall–Kier alpha value is -0.870. The molecule has 0 bridgehead atoms. The van der Waals surface area contributed by atoms with Crippen molar-refractivity contribution in [1.29, 1.82) is 0 Å². The number of likely N-dealkylation sites (tertiary alicyclic amines) is 1. The molecule has 1 amide bonds. The second-order valence-electron chi connectivity index (χ2n) is 4.95. The van der Waals surface area contributed by atoms with E-state index in [2.05, 4.69) is 13.8 Å². The standard InChI is InChI=1S/C13H19NO2S/c1-9(2)11-4-6-17-12(11)13(16)14-5-3-10(7-14)8-15/h4,6,9-10,15H,3,5,7-8H2,1-2H3. The van der Waals surface area contributed by atoms with Crippen LogP contribution in [0.25, 0.3) is 0 Å². The quantitative estimate of drug-likeness (QED) is 0.898. The molecule has 3 nitrogen and oxygen atoms in total. The van der Waals surface area contributed by atoms with Gasteiger partial charge in [-0.3, -0.25) is 4.79 Å². The van der Waals surface area contributed by atoms with Crippen molar-refractivity contribution in [1.82, 2.24) is 4.90 Å². The van der Waals surface area contributed by atoms with Crippen LogP contribution in [0.15, 0.2) is 11.4 Å². The Morgan fingerprint density at radius 3 is 3.00 bits per heavy atom. The number of carbonyl (C=O) groups is 1. The molecular weight excluding hydrogens is 234 g/mol. The first-order valence-corrected chi connectivity index (χ1v) is 6.99. The van der Waals surface area contributed by atoms with E-state index in [1.54, 1.807) is 0 Å². The molecule has 2 heterocycles. The predicted molar refractivity (Wildman–Crippen MR) is 69.5 cm³/mol. The summed E-state index contributed by atoms with van der Waals surface area (Å²) in [5.41, 5.74) is 1.15. The summed E-state index contributed by atoms with van der Waals surface area (Å²) in [6.07, 6.45) is 0.921. The maximum absolute atomic E-state index is 12.3. The summed E-state index contributed by atoms with van der Waals surface area (Å²) in [5, 5.41) is 11.1. The zero-order valence-corrected chi connectivity index (χ0v) is 11.2. The number of nitrogens with zero attached hydrogens (tertiary/aromatic N) is 1. The third-order valence-corrected chi connectivity index (χ3v) is 4.26. The summed E-state index contributed by atoms with van der Waals surface area (Å²) < 4.78 is 0. The smallest absolute Gasteiger partial charge is 0.264 e. The summed E-state index contributed by atoms with van der Waals surface area (Å²) in [6, 6.07) is 2.04. The average Bonchev–Trinajstić information content (AvgIpc) is 2.97. The Morgan fingerprint density at radius 1 is 1.65 bits per heavy atom. The van der Waals surface area contributed by atoms with Crippen molar-refractivity contribution in [3.05, 3.63) is 21.9 Å². The number of rotatable bonds is 3. The van der Waals surface area contributed by atoms with Crippen LogP contribution in [0.5, 0.6) is 0 Å². The van der Waals surface area contributed by atoms with Gasteiger partial charge in [0.15, 0.2) is 0 Å². The van der Waals surface area contributed by atoms with Gasteiger partial charge >= 0.3 is 0 Å². The number of aliphatic hydroxyl groups is 1. The average molecular weight is 253 g/mol. The van der Waals surface area contributed by atoms with Crippen LogP contribution in [0.1, 0.15) is 41.4 Å². The summed E-state index contributed by atoms with van der Waals surface area (Å²) >= 11 is 1.53. The van der Waals surface area contributed by atoms with Gasteiger partial charge in [-0.25, -0.2) is 0 Å². The molecule has 1 unspecified atom stereocenters. The van der Waals surface area contributed by atoms with Crippen molar-refractivity contribution in [2.24, 2.45) is 5.92 Å². The van der Waals surface area contributed by atoms with Crippen molar-refractivity contribution in [3.8, 4) is 0 Å². The Balaban J connectivity index is 2.12. The lowest BCUT2D eigenvalue weighted by Gasteiger charge is -2.17.